The van der Waals surface area contributed by atoms with E-state index in [2.05, 4.69) is 5.10 Å². The molecule has 18 heavy (non-hydrogen) atoms. The van der Waals surface area contributed by atoms with Gasteiger partial charge in [-0.15, -0.1) is 0 Å². The van der Waals surface area contributed by atoms with Gasteiger partial charge >= 0.3 is 0 Å². The summed E-state index contributed by atoms with van der Waals surface area (Å²) in [4.78, 5) is 0. The topological polar surface area (TPSA) is 24.8 Å². The van der Waals surface area contributed by atoms with Crippen molar-refractivity contribution in [2.45, 2.75) is 0 Å². The van der Waals surface area contributed by atoms with Crippen molar-refractivity contribution in [2.24, 2.45) is 5.10 Å². The maximum Gasteiger partial charge on any atom is 0.119 e. The van der Waals surface area contributed by atoms with Crippen LogP contribution in [0.2, 0.25) is 0 Å². The highest BCUT2D eigenvalue weighted by Gasteiger charge is 1.96. The van der Waals surface area contributed by atoms with Crippen LogP contribution in [0.5, 0.6) is 5.75 Å². The average molecular weight is 240 g/mol. The van der Waals surface area contributed by atoms with Gasteiger partial charge in [-0.1, -0.05) is 30.3 Å². The minimum Gasteiger partial charge on any atom is -0.497 e. The molecule has 0 saturated carbocycles. The van der Waals surface area contributed by atoms with Crippen LogP contribution in [0, 0.1) is 0 Å². The largest absolute Gasteiger partial charge is 0.497 e. The van der Waals surface area contributed by atoms with E-state index in [1.165, 1.54) is 0 Å². The Morgan fingerprint density at radius 3 is 2.56 bits per heavy atom. The molecule has 0 unspecified atom stereocenters. The second-order valence-electron chi connectivity index (χ2n) is 3.88. The molecule has 0 aliphatic heterocycles. The summed E-state index contributed by atoms with van der Waals surface area (Å²) in [7, 11) is 3.58. The van der Waals surface area contributed by atoms with Crippen molar-refractivity contribution in [3.8, 4) is 5.75 Å². The zero-order chi connectivity index (χ0) is 12.8. The third kappa shape index (κ3) is 3.10. The minimum absolute atomic E-state index is 0.835. The predicted molar refractivity (Wildman–Crippen MR) is 75.4 cm³/mol. The molecule has 0 heterocycles. The van der Waals surface area contributed by atoms with Crippen LogP contribution >= 0.6 is 0 Å². The summed E-state index contributed by atoms with van der Waals surface area (Å²) in [6.07, 6.45) is 1.82. The van der Waals surface area contributed by atoms with Crippen molar-refractivity contribution >= 4 is 11.9 Å². The fourth-order valence-electron chi connectivity index (χ4n) is 1.59. The Bertz CT molecular complexity index is 523. The first kappa shape index (κ1) is 12.2. The molecule has 0 N–H and O–H groups in total. The van der Waals surface area contributed by atoms with Crippen LogP contribution in [0.4, 0.5) is 5.69 Å². The standard InChI is InChI=1S/C15H16N2O/c1-17(14-8-4-3-5-9-14)16-12-13-7-6-10-15(11-13)18-2/h3-12H,1-2H3/b16-12+. The lowest BCUT2D eigenvalue weighted by Gasteiger charge is -2.12. The monoisotopic (exact) mass is 240 g/mol. The summed E-state index contributed by atoms with van der Waals surface area (Å²) in [6.45, 7) is 0. The highest BCUT2D eigenvalue weighted by Crippen LogP contribution is 2.13. The first-order valence-corrected chi connectivity index (χ1v) is 5.76. The third-order valence-electron chi connectivity index (χ3n) is 2.60. The van der Waals surface area contributed by atoms with Crippen LogP contribution in [-0.2, 0) is 0 Å². The number of hydrogen-bond acceptors (Lipinski definition) is 3. The molecule has 0 radical (unpaired) electrons. The molecule has 2 rings (SSSR count). The molecule has 0 saturated heterocycles. The normalized spacial score (nSPS) is 10.6. The number of methoxy groups -OCH3 is 1. The fourth-order valence-corrected chi connectivity index (χ4v) is 1.59. The van der Waals surface area contributed by atoms with E-state index >= 15 is 0 Å². The zero-order valence-corrected chi connectivity index (χ0v) is 10.6. The summed E-state index contributed by atoms with van der Waals surface area (Å²) in [6, 6.07) is 17.8. The quantitative estimate of drug-likeness (QED) is 0.605. The van der Waals surface area contributed by atoms with Gasteiger partial charge in [0.15, 0.2) is 0 Å². The lowest BCUT2D eigenvalue weighted by atomic mass is 10.2. The molecule has 0 atom stereocenters. The number of para-hydroxylation sites is 1. The number of ether oxygens (including phenoxy) is 1. The molecule has 0 fully saturated rings. The van der Waals surface area contributed by atoms with Crippen molar-refractivity contribution in [1.29, 1.82) is 0 Å². The lowest BCUT2D eigenvalue weighted by Crippen LogP contribution is -2.08. The van der Waals surface area contributed by atoms with E-state index < -0.39 is 0 Å². The molecular formula is C15H16N2O. The molecular weight excluding hydrogens is 224 g/mol. The van der Waals surface area contributed by atoms with E-state index in [9.17, 15) is 0 Å². The highest BCUT2D eigenvalue weighted by atomic mass is 16.5. The molecule has 0 spiro atoms. The van der Waals surface area contributed by atoms with E-state index in [1.807, 2.05) is 72.9 Å². The molecule has 3 heteroatoms. The molecule has 3 nitrogen and oxygen atoms in total. The van der Waals surface area contributed by atoms with Crippen LogP contribution in [0.15, 0.2) is 59.7 Å². The highest BCUT2D eigenvalue weighted by molar-refractivity contribution is 5.81. The molecule has 2 aromatic carbocycles. The number of nitrogens with zero attached hydrogens (tertiary/aromatic N) is 2. The van der Waals surface area contributed by atoms with Crippen LogP contribution < -0.4 is 9.75 Å². The molecule has 0 amide bonds. The Hall–Kier alpha value is -2.29. The van der Waals surface area contributed by atoms with Crippen molar-refractivity contribution in [3.63, 3.8) is 0 Å². The number of benzene rings is 2. The molecule has 0 aliphatic carbocycles. The van der Waals surface area contributed by atoms with Gasteiger partial charge in [0.25, 0.3) is 0 Å². The molecule has 0 aliphatic rings. The Labute approximate surface area is 107 Å². The van der Waals surface area contributed by atoms with Crippen molar-refractivity contribution < 1.29 is 4.74 Å². The Morgan fingerprint density at radius 2 is 1.83 bits per heavy atom. The maximum atomic E-state index is 5.17. The number of rotatable bonds is 4. The number of anilines is 1. The minimum atomic E-state index is 0.835. The van der Waals surface area contributed by atoms with E-state index in [0.717, 1.165) is 17.0 Å². The van der Waals surface area contributed by atoms with Gasteiger partial charge in [0.2, 0.25) is 0 Å². The van der Waals surface area contributed by atoms with Gasteiger partial charge in [-0.25, -0.2) is 0 Å². The second kappa shape index (κ2) is 5.87. The van der Waals surface area contributed by atoms with Gasteiger partial charge in [-0.05, 0) is 29.8 Å². The van der Waals surface area contributed by atoms with Crippen LogP contribution in [0.3, 0.4) is 0 Å². The summed E-state index contributed by atoms with van der Waals surface area (Å²) in [5, 5.41) is 6.23. The predicted octanol–water partition coefficient (Wildman–Crippen LogP) is 3.17. The Morgan fingerprint density at radius 1 is 1.06 bits per heavy atom. The first-order chi connectivity index (χ1) is 8.79. The van der Waals surface area contributed by atoms with Crippen LogP contribution in [-0.4, -0.2) is 20.4 Å². The molecule has 92 valence electrons. The van der Waals surface area contributed by atoms with Gasteiger partial charge in [0.05, 0.1) is 19.0 Å². The summed E-state index contributed by atoms with van der Waals surface area (Å²) >= 11 is 0. The van der Waals surface area contributed by atoms with Crippen molar-refractivity contribution in [3.05, 3.63) is 60.2 Å². The molecule has 2 aromatic rings. The van der Waals surface area contributed by atoms with Crippen LogP contribution in [0.25, 0.3) is 0 Å². The van der Waals surface area contributed by atoms with Gasteiger partial charge in [-0.3, -0.25) is 5.01 Å². The molecule has 0 bridgehead atoms. The number of hydrogen-bond donors (Lipinski definition) is 0. The first-order valence-electron chi connectivity index (χ1n) is 5.76. The number of hydrazone groups is 1. The van der Waals surface area contributed by atoms with E-state index in [0.29, 0.717) is 0 Å². The fraction of sp³-hybridized carbons (Fsp3) is 0.133. The summed E-state index contributed by atoms with van der Waals surface area (Å²) < 4.78 is 5.17. The lowest BCUT2D eigenvalue weighted by molar-refractivity contribution is 0.415. The summed E-state index contributed by atoms with van der Waals surface area (Å²) in [5.74, 6) is 0.835. The third-order valence-corrected chi connectivity index (χ3v) is 2.60. The van der Waals surface area contributed by atoms with Gasteiger partial charge in [-0.2, -0.15) is 5.10 Å². The van der Waals surface area contributed by atoms with Gasteiger partial charge in [0, 0.05) is 7.05 Å². The van der Waals surface area contributed by atoms with E-state index in [-0.39, 0.29) is 0 Å². The van der Waals surface area contributed by atoms with E-state index in [1.54, 1.807) is 7.11 Å². The Kier molecular flexibility index (Phi) is 3.97. The average Bonchev–Trinajstić information content (AvgIpc) is 2.46. The van der Waals surface area contributed by atoms with Crippen LogP contribution in [0.1, 0.15) is 5.56 Å². The zero-order valence-electron chi connectivity index (χ0n) is 10.6. The summed E-state index contributed by atoms with van der Waals surface area (Å²) in [5.41, 5.74) is 2.06. The second-order valence-corrected chi connectivity index (χ2v) is 3.88. The van der Waals surface area contributed by atoms with Gasteiger partial charge < -0.3 is 4.74 Å². The Balaban J connectivity index is 2.10. The van der Waals surface area contributed by atoms with Crippen molar-refractivity contribution in [2.75, 3.05) is 19.2 Å². The maximum absolute atomic E-state index is 5.17. The van der Waals surface area contributed by atoms with E-state index in [4.69, 9.17) is 4.74 Å². The smallest absolute Gasteiger partial charge is 0.119 e. The SMILES string of the molecule is COc1cccc(/C=N/N(C)c2ccccc2)c1. The molecule has 0 aromatic heterocycles. The van der Waals surface area contributed by atoms with Crippen molar-refractivity contribution in [1.82, 2.24) is 0 Å². The van der Waals surface area contributed by atoms with Gasteiger partial charge in [0.1, 0.15) is 5.75 Å².